The third-order valence-electron chi connectivity index (χ3n) is 12.7. The summed E-state index contributed by atoms with van der Waals surface area (Å²) in [7, 11) is 0. The monoisotopic (exact) mass is 704 g/mol. The lowest BCUT2D eigenvalue weighted by Crippen LogP contribution is -1.88. The largest absolute Gasteiger partial charge is 0.0622 e. The summed E-state index contributed by atoms with van der Waals surface area (Å²) in [6.45, 7) is 0. The third-order valence-corrected chi connectivity index (χ3v) is 12.7. The van der Waals surface area contributed by atoms with E-state index in [9.17, 15) is 0 Å². The molecule has 13 rings (SSSR count). The molecule has 0 heteroatoms. The van der Waals surface area contributed by atoms with Crippen LogP contribution in [0, 0.1) is 0 Å². The van der Waals surface area contributed by atoms with Gasteiger partial charge in [-0.15, -0.1) is 0 Å². The van der Waals surface area contributed by atoms with E-state index in [-0.39, 0.29) is 0 Å². The highest BCUT2D eigenvalue weighted by Crippen LogP contribution is 2.57. The van der Waals surface area contributed by atoms with E-state index in [2.05, 4.69) is 194 Å². The Labute approximate surface area is 324 Å². The van der Waals surface area contributed by atoms with Crippen molar-refractivity contribution >= 4 is 43.1 Å². The van der Waals surface area contributed by atoms with Crippen molar-refractivity contribution in [3.8, 4) is 89.0 Å². The zero-order chi connectivity index (χ0) is 36.5. The van der Waals surface area contributed by atoms with Gasteiger partial charge in [-0.05, 0) is 156 Å². The Morgan fingerprint density at radius 1 is 0.161 bits per heavy atom. The zero-order valence-corrected chi connectivity index (χ0v) is 30.5. The molecular formula is C56H32. The van der Waals surface area contributed by atoms with Gasteiger partial charge in [0, 0.05) is 0 Å². The predicted octanol–water partition coefficient (Wildman–Crippen LogP) is 15.7. The second kappa shape index (κ2) is 11.1. The number of hydrogen-bond donors (Lipinski definition) is 0. The van der Waals surface area contributed by atoms with Crippen LogP contribution in [-0.2, 0) is 0 Å². The van der Waals surface area contributed by atoms with Gasteiger partial charge in [0.15, 0.2) is 0 Å². The van der Waals surface area contributed by atoms with Gasteiger partial charge < -0.3 is 0 Å². The van der Waals surface area contributed by atoms with Gasteiger partial charge in [0.2, 0.25) is 0 Å². The Hall–Kier alpha value is -7.28. The molecule has 0 heterocycles. The van der Waals surface area contributed by atoms with Crippen LogP contribution in [0.5, 0.6) is 0 Å². The van der Waals surface area contributed by atoms with E-state index in [1.54, 1.807) is 0 Å². The molecule has 0 fully saturated rings. The summed E-state index contributed by atoms with van der Waals surface area (Å²) < 4.78 is 0. The molecular weight excluding hydrogens is 673 g/mol. The van der Waals surface area contributed by atoms with E-state index in [0.717, 1.165) is 0 Å². The lowest BCUT2D eigenvalue weighted by molar-refractivity contribution is 1.58. The Bertz CT molecular complexity index is 2960. The van der Waals surface area contributed by atoms with Gasteiger partial charge in [-0.1, -0.05) is 170 Å². The van der Waals surface area contributed by atoms with Crippen molar-refractivity contribution in [1.29, 1.82) is 0 Å². The van der Waals surface area contributed by atoms with Gasteiger partial charge in [-0.2, -0.15) is 0 Å². The molecule has 0 nitrogen and oxygen atoms in total. The Kier molecular flexibility index (Phi) is 5.98. The molecule has 0 radical (unpaired) electrons. The summed E-state index contributed by atoms with van der Waals surface area (Å²) >= 11 is 0. The highest BCUT2D eigenvalue weighted by Gasteiger charge is 2.30. The fourth-order valence-corrected chi connectivity index (χ4v) is 10.3. The molecule has 0 aromatic heterocycles. The number of hydrogen-bond acceptors (Lipinski definition) is 0. The fourth-order valence-electron chi connectivity index (χ4n) is 10.3. The highest BCUT2D eigenvalue weighted by atomic mass is 14.3. The minimum atomic E-state index is 1.24. The molecule has 0 atom stereocenters. The maximum atomic E-state index is 2.45. The van der Waals surface area contributed by atoms with E-state index in [1.807, 2.05) is 0 Å². The minimum absolute atomic E-state index is 1.24. The first-order valence-corrected chi connectivity index (χ1v) is 19.6. The summed E-state index contributed by atoms with van der Waals surface area (Å²) in [5.41, 5.74) is 20.7. The van der Waals surface area contributed by atoms with Crippen molar-refractivity contribution in [1.82, 2.24) is 0 Å². The molecule has 11 aromatic rings. The molecule has 0 saturated heterocycles. The predicted molar refractivity (Wildman–Crippen MR) is 238 cm³/mol. The lowest BCUT2D eigenvalue weighted by Gasteiger charge is -2.16. The first-order valence-electron chi connectivity index (χ1n) is 19.6. The van der Waals surface area contributed by atoms with Crippen LogP contribution in [0.2, 0.25) is 0 Å². The van der Waals surface area contributed by atoms with E-state index in [4.69, 9.17) is 0 Å². The second-order valence-electron chi connectivity index (χ2n) is 15.5. The molecule has 2 aliphatic carbocycles. The maximum Gasteiger partial charge on any atom is -0.00139 e. The minimum Gasteiger partial charge on any atom is -0.0622 e. The van der Waals surface area contributed by atoms with Crippen molar-refractivity contribution < 1.29 is 0 Å². The summed E-state index contributed by atoms with van der Waals surface area (Å²) in [5.74, 6) is 0. The molecule has 0 aliphatic heterocycles. The first-order chi connectivity index (χ1) is 27.8. The van der Waals surface area contributed by atoms with E-state index < -0.39 is 0 Å². The van der Waals surface area contributed by atoms with Gasteiger partial charge in [-0.3, -0.25) is 0 Å². The molecule has 0 saturated carbocycles. The summed E-state index contributed by atoms with van der Waals surface area (Å²) in [6.07, 6.45) is 0. The fraction of sp³-hybridized carbons (Fsp3) is 0. The molecule has 256 valence electrons. The molecule has 0 unspecified atom stereocenters. The van der Waals surface area contributed by atoms with Gasteiger partial charge in [0.1, 0.15) is 0 Å². The topological polar surface area (TPSA) is 0 Å². The lowest BCUT2D eigenvalue weighted by atomic mass is 9.86. The standard InChI is InChI=1S/C56H32/c1-5-13-33(14-6-1)45-29-49-41-25-21-37-39-23-27-43-51-31-47(35-17-9-3-10-18-35)48(36-19-11-4-12-20-36)32-52(51)44-28-24-40(54(39)56(43)44)38-22-26-42(55(41)53(37)38)50(49)30-46(45)34-15-7-2-8-16-34/h1-32H. The van der Waals surface area contributed by atoms with Gasteiger partial charge in [0.25, 0.3) is 0 Å². The van der Waals surface area contributed by atoms with Crippen LogP contribution in [0.4, 0.5) is 0 Å². The van der Waals surface area contributed by atoms with Crippen LogP contribution >= 0.6 is 0 Å². The number of benzene rings is 11. The molecule has 0 amide bonds. The molecule has 0 bridgehead atoms. The summed E-state index contributed by atoms with van der Waals surface area (Å²) in [6, 6.07) is 72.5. The average Bonchev–Trinajstić information content (AvgIpc) is 3.77. The highest BCUT2D eigenvalue weighted by molar-refractivity contribution is 6.40. The van der Waals surface area contributed by atoms with Crippen molar-refractivity contribution in [3.63, 3.8) is 0 Å². The SMILES string of the molecule is c1ccc(-c2cc3c(cc2-c2ccccc2)-c2ccc4c5ccc6c7c(ccc(c8ccc-3c2c84)c75)-c2cc(-c3ccccc3)c(-c3ccccc3)cc2-6)cc1. The third kappa shape index (κ3) is 3.98. The maximum absolute atomic E-state index is 2.45. The normalized spacial score (nSPS) is 12.3. The molecule has 11 aromatic carbocycles. The second-order valence-corrected chi connectivity index (χ2v) is 15.5. The average molecular weight is 705 g/mol. The number of fused-ring (bicyclic) bond motifs is 8. The van der Waals surface area contributed by atoms with Gasteiger partial charge in [-0.25, -0.2) is 0 Å². The van der Waals surface area contributed by atoms with E-state index >= 15 is 0 Å². The van der Waals surface area contributed by atoms with Crippen molar-refractivity contribution in [2.45, 2.75) is 0 Å². The van der Waals surface area contributed by atoms with Crippen LogP contribution in [0.15, 0.2) is 194 Å². The molecule has 56 heavy (non-hydrogen) atoms. The molecule has 0 spiro atoms. The van der Waals surface area contributed by atoms with Crippen molar-refractivity contribution in [3.05, 3.63) is 194 Å². The Balaban J connectivity index is 1.07. The van der Waals surface area contributed by atoms with Crippen LogP contribution in [0.1, 0.15) is 0 Å². The Morgan fingerprint density at radius 3 is 0.625 bits per heavy atom. The summed E-state index contributed by atoms with van der Waals surface area (Å²) in [5, 5.41) is 10.9. The molecule has 2 aliphatic rings. The van der Waals surface area contributed by atoms with Crippen molar-refractivity contribution in [2.75, 3.05) is 0 Å². The van der Waals surface area contributed by atoms with E-state index in [0.29, 0.717) is 0 Å². The van der Waals surface area contributed by atoms with Crippen molar-refractivity contribution in [2.24, 2.45) is 0 Å². The smallest absolute Gasteiger partial charge is 0.00139 e. The van der Waals surface area contributed by atoms with Gasteiger partial charge in [0.05, 0.1) is 0 Å². The van der Waals surface area contributed by atoms with Crippen LogP contribution < -0.4 is 0 Å². The van der Waals surface area contributed by atoms with Crippen LogP contribution in [0.3, 0.4) is 0 Å². The van der Waals surface area contributed by atoms with E-state index in [1.165, 1.54) is 132 Å². The molecule has 0 N–H and O–H groups in total. The number of rotatable bonds is 4. The summed E-state index contributed by atoms with van der Waals surface area (Å²) in [4.78, 5) is 0. The van der Waals surface area contributed by atoms with Crippen LogP contribution in [0.25, 0.3) is 132 Å². The quantitative estimate of drug-likeness (QED) is 0.126. The first kappa shape index (κ1) is 30.1. The van der Waals surface area contributed by atoms with Crippen LogP contribution in [-0.4, -0.2) is 0 Å². The van der Waals surface area contributed by atoms with Gasteiger partial charge >= 0.3 is 0 Å². The Morgan fingerprint density at radius 2 is 0.393 bits per heavy atom. The zero-order valence-electron chi connectivity index (χ0n) is 30.5.